The number of hydrogen-bond acceptors (Lipinski definition) is 7. The maximum atomic E-state index is 13.0. The van der Waals surface area contributed by atoms with Crippen LogP contribution in [0.5, 0.6) is 0 Å². The molecule has 0 saturated heterocycles. The van der Waals surface area contributed by atoms with Gasteiger partial charge < -0.3 is 4.74 Å². The molecule has 0 spiro atoms. The largest absolute Gasteiger partial charge is 0.466 e. The van der Waals surface area contributed by atoms with Gasteiger partial charge in [-0.25, -0.2) is 13.4 Å². The van der Waals surface area contributed by atoms with E-state index < -0.39 is 15.9 Å². The van der Waals surface area contributed by atoms with Gasteiger partial charge in [0.05, 0.1) is 23.6 Å². The van der Waals surface area contributed by atoms with Crippen molar-refractivity contribution < 1.29 is 22.7 Å². The second kappa shape index (κ2) is 12.7. The highest BCUT2D eigenvalue weighted by molar-refractivity contribution is 7.89. The Morgan fingerprint density at radius 2 is 1.69 bits per heavy atom. The standard InChI is InChI=1S/C22H31N3O5S2/c1-4-7-13-25(14-8-5-2)32(28,29)19-11-9-17(10-12-19)21(27)24-22-23-18(16-31-22)15-20(26)30-6-3/h9-12,16H,4-8,13-15H2,1-3H3,(H,23,24,27). The molecule has 8 nitrogen and oxygen atoms in total. The highest BCUT2D eigenvalue weighted by atomic mass is 32.2. The van der Waals surface area contributed by atoms with Gasteiger partial charge in [0.15, 0.2) is 5.13 Å². The quantitative estimate of drug-likeness (QED) is 0.432. The van der Waals surface area contributed by atoms with E-state index in [4.69, 9.17) is 4.74 Å². The molecule has 0 atom stereocenters. The molecule has 176 valence electrons. The van der Waals surface area contributed by atoms with E-state index in [1.807, 2.05) is 13.8 Å². The SMILES string of the molecule is CCCCN(CCCC)S(=O)(=O)c1ccc(C(=O)Nc2nc(CC(=O)OCC)cs2)cc1. The number of aromatic nitrogens is 1. The van der Waals surface area contributed by atoms with Crippen molar-refractivity contribution in [1.29, 1.82) is 0 Å². The van der Waals surface area contributed by atoms with Crippen molar-refractivity contribution in [1.82, 2.24) is 9.29 Å². The average Bonchev–Trinajstić information content (AvgIpc) is 3.20. The van der Waals surface area contributed by atoms with Crippen molar-refractivity contribution in [2.24, 2.45) is 0 Å². The molecule has 0 aliphatic carbocycles. The van der Waals surface area contributed by atoms with Crippen LogP contribution in [0.3, 0.4) is 0 Å². The fourth-order valence-corrected chi connectivity index (χ4v) is 5.15. The second-order valence-corrected chi connectivity index (χ2v) is 10.0. The number of carbonyl (C=O) groups is 2. The highest BCUT2D eigenvalue weighted by Gasteiger charge is 2.24. The van der Waals surface area contributed by atoms with E-state index >= 15 is 0 Å². The summed E-state index contributed by atoms with van der Waals surface area (Å²) in [5, 5.41) is 4.72. The number of nitrogens with one attached hydrogen (secondary N) is 1. The fraction of sp³-hybridized carbons (Fsp3) is 0.500. The number of benzene rings is 1. The van der Waals surface area contributed by atoms with Crippen molar-refractivity contribution in [3.63, 3.8) is 0 Å². The summed E-state index contributed by atoms with van der Waals surface area (Å²) in [5.41, 5.74) is 0.837. The Balaban J connectivity index is 2.06. The molecule has 2 aromatic rings. The van der Waals surface area contributed by atoms with Gasteiger partial charge in [0.1, 0.15) is 0 Å². The Morgan fingerprint density at radius 3 is 2.25 bits per heavy atom. The van der Waals surface area contributed by atoms with E-state index in [9.17, 15) is 18.0 Å². The minimum absolute atomic E-state index is 0.0410. The summed E-state index contributed by atoms with van der Waals surface area (Å²) in [4.78, 5) is 28.5. The predicted molar refractivity (Wildman–Crippen MR) is 125 cm³/mol. The van der Waals surface area contributed by atoms with Gasteiger partial charge >= 0.3 is 5.97 Å². The Bertz CT molecular complexity index is 979. The van der Waals surface area contributed by atoms with Crippen molar-refractivity contribution in [2.45, 2.75) is 57.8 Å². The third-order valence-electron chi connectivity index (χ3n) is 4.68. The molecule has 1 aromatic carbocycles. The number of thiazole rings is 1. The first kappa shape index (κ1) is 26.0. The van der Waals surface area contributed by atoms with Gasteiger partial charge in [-0.2, -0.15) is 4.31 Å². The molecule has 0 bridgehead atoms. The summed E-state index contributed by atoms with van der Waals surface area (Å²) < 4.78 is 32.5. The van der Waals surface area contributed by atoms with Crippen molar-refractivity contribution in [3.05, 3.63) is 40.9 Å². The smallest absolute Gasteiger partial charge is 0.311 e. The highest BCUT2D eigenvalue weighted by Crippen LogP contribution is 2.20. The lowest BCUT2D eigenvalue weighted by Gasteiger charge is -2.22. The first-order chi connectivity index (χ1) is 15.3. The lowest BCUT2D eigenvalue weighted by atomic mass is 10.2. The first-order valence-corrected chi connectivity index (χ1v) is 13.1. The maximum absolute atomic E-state index is 13.0. The number of unbranched alkanes of at least 4 members (excludes halogenated alkanes) is 2. The molecule has 0 fully saturated rings. The zero-order chi connectivity index (χ0) is 23.6. The number of amides is 1. The van der Waals surface area contributed by atoms with Crippen LogP contribution in [0.4, 0.5) is 5.13 Å². The fourth-order valence-electron chi connectivity index (χ4n) is 2.92. The molecule has 0 saturated carbocycles. The molecule has 32 heavy (non-hydrogen) atoms. The molecule has 1 aromatic heterocycles. The lowest BCUT2D eigenvalue weighted by Crippen LogP contribution is -2.33. The van der Waals surface area contributed by atoms with Gasteiger partial charge in [-0.3, -0.25) is 14.9 Å². The number of carbonyl (C=O) groups excluding carboxylic acids is 2. The Labute approximate surface area is 194 Å². The molecule has 2 rings (SSSR count). The van der Waals surface area contributed by atoms with Crippen LogP contribution in [0.2, 0.25) is 0 Å². The molecule has 10 heteroatoms. The van der Waals surface area contributed by atoms with Gasteiger partial charge in [0.25, 0.3) is 5.91 Å². The number of esters is 1. The lowest BCUT2D eigenvalue weighted by molar-refractivity contribution is -0.142. The van der Waals surface area contributed by atoms with Gasteiger partial charge in [-0.1, -0.05) is 26.7 Å². The van der Waals surface area contributed by atoms with Gasteiger partial charge in [0, 0.05) is 24.0 Å². The summed E-state index contributed by atoms with van der Waals surface area (Å²) in [6.45, 7) is 7.06. The van der Waals surface area contributed by atoms with Crippen LogP contribution in [0.1, 0.15) is 62.5 Å². The summed E-state index contributed by atoms with van der Waals surface area (Å²) in [7, 11) is -3.61. The van der Waals surface area contributed by atoms with Gasteiger partial charge in [-0.05, 0) is 44.0 Å². The summed E-state index contributed by atoms with van der Waals surface area (Å²) in [5.74, 6) is -0.779. The molecule has 1 N–H and O–H groups in total. The van der Waals surface area contributed by atoms with Gasteiger partial charge in [0.2, 0.25) is 10.0 Å². The number of sulfonamides is 1. The molecule has 1 amide bonds. The summed E-state index contributed by atoms with van der Waals surface area (Å²) in [6, 6.07) is 5.91. The zero-order valence-corrected chi connectivity index (χ0v) is 20.4. The minimum atomic E-state index is -3.61. The molecular weight excluding hydrogens is 450 g/mol. The van der Waals surface area contributed by atoms with E-state index in [0.717, 1.165) is 25.7 Å². The predicted octanol–water partition coefficient (Wildman–Crippen LogP) is 4.09. The number of ether oxygens (including phenoxy) is 1. The molecule has 0 aliphatic heterocycles. The molecular formula is C22H31N3O5S2. The van der Waals surface area contributed by atoms with Crippen molar-refractivity contribution in [3.8, 4) is 0 Å². The Kier molecular flexibility index (Phi) is 10.3. The van der Waals surface area contributed by atoms with Crippen LogP contribution in [0, 0.1) is 0 Å². The Hall–Kier alpha value is -2.30. The monoisotopic (exact) mass is 481 g/mol. The number of rotatable bonds is 13. The van der Waals surface area contributed by atoms with E-state index in [0.29, 0.717) is 36.1 Å². The minimum Gasteiger partial charge on any atom is -0.466 e. The first-order valence-electron chi connectivity index (χ1n) is 10.8. The van der Waals surface area contributed by atoms with E-state index in [-0.39, 0.29) is 17.3 Å². The van der Waals surface area contributed by atoms with E-state index in [1.54, 1.807) is 12.3 Å². The number of nitrogens with zero attached hydrogens (tertiary/aromatic N) is 2. The average molecular weight is 482 g/mol. The van der Waals surface area contributed by atoms with E-state index in [1.165, 1.54) is 39.9 Å². The van der Waals surface area contributed by atoms with Crippen LogP contribution in [-0.4, -0.2) is 49.3 Å². The van der Waals surface area contributed by atoms with Crippen LogP contribution in [0.25, 0.3) is 0 Å². The number of hydrogen-bond donors (Lipinski definition) is 1. The van der Waals surface area contributed by atoms with Crippen LogP contribution in [-0.2, 0) is 26.0 Å². The Morgan fingerprint density at radius 1 is 1.06 bits per heavy atom. The van der Waals surface area contributed by atoms with Crippen LogP contribution < -0.4 is 5.32 Å². The van der Waals surface area contributed by atoms with E-state index in [2.05, 4.69) is 10.3 Å². The summed E-state index contributed by atoms with van der Waals surface area (Å²) in [6.07, 6.45) is 3.47. The third kappa shape index (κ3) is 7.39. The molecule has 0 aliphatic rings. The maximum Gasteiger partial charge on any atom is 0.311 e. The van der Waals surface area contributed by atoms with Crippen molar-refractivity contribution >= 4 is 38.4 Å². The second-order valence-electron chi connectivity index (χ2n) is 7.22. The topological polar surface area (TPSA) is 106 Å². The van der Waals surface area contributed by atoms with Crippen molar-refractivity contribution in [2.75, 3.05) is 25.0 Å². The molecule has 1 heterocycles. The summed E-state index contributed by atoms with van der Waals surface area (Å²) >= 11 is 1.21. The molecule has 0 unspecified atom stereocenters. The zero-order valence-electron chi connectivity index (χ0n) is 18.8. The van der Waals surface area contributed by atoms with Crippen LogP contribution >= 0.6 is 11.3 Å². The number of anilines is 1. The normalized spacial score (nSPS) is 11.5. The third-order valence-corrected chi connectivity index (χ3v) is 7.40. The van der Waals surface area contributed by atoms with Gasteiger partial charge in [-0.15, -0.1) is 11.3 Å². The van der Waals surface area contributed by atoms with Crippen LogP contribution in [0.15, 0.2) is 34.5 Å². The molecule has 0 radical (unpaired) electrons.